The minimum Gasteiger partial charge on any atom is -0.255 e. The van der Waals surface area contributed by atoms with Crippen molar-refractivity contribution in [1.29, 1.82) is 0 Å². The van der Waals surface area contributed by atoms with Crippen LogP contribution in [0.1, 0.15) is 27.9 Å². The van der Waals surface area contributed by atoms with Crippen molar-refractivity contribution in [2.24, 2.45) is 4.99 Å². The van der Waals surface area contributed by atoms with Crippen LogP contribution in [0, 0.1) is 0 Å². The molecule has 3 aromatic rings. The zero-order chi connectivity index (χ0) is 16.2. The molecule has 0 saturated carbocycles. The third-order valence-electron chi connectivity index (χ3n) is 4.58. The highest BCUT2D eigenvalue weighted by Gasteiger charge is 2.07. The highest BCUT2D eigenvalue weighted by atomic mass is 14.8. The van der Waals surface area contributed by atoms with E-state index in [1.807, 2.05) is 24.4 Å². The summed E-state index contributed by atoms with van der Waals surface area (Å²) >= 11 is 0. The molecule has 1 aromatic heterocycles. The molecule has 1 heterocycles. The molecule has 7 rings (SSSR count). The Hall–Kier alpha value is -2.74. The van der Waals surface area contributed by atoms with Crippen molar-refractivity contribution < 1.29 is 0 Å². The molecular formula is C22H20N2. The predicted molar refractivity (Wildman–Crippen MR) is 99.2 cm³/mol. The van der Waals surface area contributed by atoms with Gasteiger partial charge in [0, 0.05) is 6.20 Å². The van der Waals surface area contributed by atoms with Crippen LogP contribution in [-0.4, -0.2) is 11.2 Å². The number of aromatic nitrogens is 1. The SMILES string of the molecule is C(=Nc1cc2ccc1CCc1ccc(cc1)CC2)c1ccccn1. The quantitative estimate of drug-likeness (QED) is 0.629. The predicted octanol–water partition coefficient (Wildman–Crippen LogP) is 4.72. The molecule has 0 unspecified atom stereocenters. The number of rotatable bonds is 2. The molecule has 0 fully saturated rings. The van der Waals surface area contributed by atoms with Gasteiger partial charge >= 0.3 is 0 Å². The van der Waals surface area contributed by atoms with Gasteiger partial charge in [0.2, 0.25) is 0 Å². The third-order valence-corrected chi connectivity index (χ3v) is 4.58. The molecule has 0 radical (unpaired) electrons. The van der Waals surface area contributed by atoms with Gasteiger partial charge in [0.05, 0.1) is 17.6 Å². The molecule has 2 aromatic carbocycles. The normalized spacial score (nSPS) is 13.8. The molecule has 4 aliphatic rings. The molecule has 0 amide bonds. The molecule has 2 heteroatoms. The van der Waals surface area contributed by atoms with Crippen molar-refractivity contribution in [3.8, 4) is 0 Å². The zero-order valence-electron chi connectivity index (χ0n) is 13.7. The number of hydrogen-bond donors (Lipinski definition) is 0. The number of benzene rings is 2. The lowest BCUT2D eigenvalue weighted by atomic mass is 9.95. The maximum atomic E-state index is 4.74. The summed E-state index contributed by atoms with van der Waals surface area (Å²) in [6.07, 6.45) is 7.84. The molecule has 4 bridgehead atoms. The molecule has 2 nitrogen and oxygen atoms in total. The Kier molecular flexibility index (Phi) is 4.20. The van der Waals surface area contributed by atoms with Gasteiger partial charge in [0.15, 0.2) is 0 Å². The lowest BCUT2D eigenvalue weighted by molar-refractivity contribution is 0.921. The Morgan fingerprint density at radius 2 is 1.46 bits per heavy atom. The molecule has 0 N–H and O–H groups in total. The van der Waals surface area contributed by atoms with Crippen LogP contribution in [0.5, 0.6) is 0 Å². The summed E-state index contributed by atoms with van der Waals surface area (Å²) in [5.41, 5.74) is 7.41. The fourth-order valence-electron chi connectivity index (χ4n) is 3.12. The molecule has 118 valence electrons. The lowest BCUT2D eigenvalue weighted by Gasteiger charge is -2.12. The van der Waals surface area contributed by atoms with Crippen molar-refractivity contribution in [3.63, 3.8) is 0 Å². The van der Waals surface area contributed by atoms with E-state index in [0.29, 0.717) is 0 Å². The smallest absolute Gasteiger partial charge is 0.0812 e. The first-order valence-corrected chi connectivity index (χ1v) is 8.51. The van der Waals surface area contributed by atoms with Gasteiger partial charge in [-0.1, -0.05) is 42.5 Å². The second-order valence-corrected chi connectivity index (χ2v) is 6.29. The summed E-state index contributed by atoms with van der Waals surface area (Å²) < 4.78 is 0. The second kappa shape index (κ2) is 6.79. The molecule has 24 heavy (non-hydrogen) atoms. The molecule has 0 spiro atoms. The summed E-state index contributed by atoms with van der Waals surface area (Å²) in [7, 11) is 0. The molecule has 0 atom stereocenters. The van der Waals surface area contributed by atoms with Crippen LogP contribution < -0.4 is 0 Å². The van der Waals surface area contributed by atoms with Crippen molar-refractivity contribution >= 4 is 11.9 Å². The summed E-state index contributed by atoms with van der Waals surface area (Å²) in [4.78, 5) is 9.06. The Morgan fingerprint density at radius 1 is 0.750 bits per heavy atom. The van der Waals surface area contributed by atoms with E-state index in [4.69, 9.17) is 4.99 Å². The van der Waals surface area contributed by atoms with Gasteiger partial charge in [0.1, 0.15) is 0 Å². The fraction of sp³-hybridized carbons (Fsp3) is 0.182. The maximum Gasteiger partial charge on any atom is 0.0812 e. The van der Waals surface area contributed by atoms with Crippen LogP contribution in [0.4, 0.5) is 5.69 Å². The minimum absolute atomic E-state index is 0.893. The van der Waals surface area contributed by atoms with Crippen molar-refractivity contribution in [3.05, 3.63) is 94.8 Å². The van der Waals surface area contributed by atoms with Crippen molar-refractivity contribution in [2.75, 3.05) is 0 Å². The maximum absolute atomic E-state index is 4.74. The second-order valence-electron chi connectivity index (χ2n) is 6.29. The molecule has 4 aliphatic carbocycles. The Balaban J connectivity index is 1.67. The first kappa shape index (κ1) is 14.8. The van der Waals surface area contributed by atoms with Gasteiger partial charge < -0.3 is 0 Å². The number of aliphatic imine (C=N–C) groups is 1. The van der Waals surface area contributed by atoms with Crippen molar-refractivity contribution in [2.45, 2.75) is 25.7 Å². The topological polar surface area (TPSA) is 25.2 Å². The molecular weight excluding hydrogens is 292 g/mol. The van der Waals surface area contributed by atoms with Gasteiger partial charge in [-0.3, -0.25) is 9.98 Å². The standard InChI is InChI=1S/C22H20N2/c1-2-14-23-21(3-1)16-24-22-15-19-9-8-17-4-6-18(7-5-17)10-12-20(22)13-11-19/h1-7,11,13-16H,8-10,12H2. The van der Waals surface area contributed by atoms with Crippen LogP contribution in [0.2, 0.25) is 0 Å². The van der Waals surface area contributed by atoms with Gasteiger partial charge in [-0.25, -0.2) is 0 Å². The van der Waals surface area contributed by atoms with Crippen LogP contribution in [-0.2, 0) is 25.7 Å². The van der Waals surface area contributed by atoms with Crippen molar-refractivity contribution in [1.82, 2.24) is 4.98 Å². The van der Waals surface area contributed by atoms with E-state index in [1.165, 1.54) is 22.3 Å². The van der Waals surface area contributed by atoms with E-state index in [9.17, 15) is 0 Å². The number of hydrogen-bond acceptors (Lipinski definition) is 2. The van der Waals surface area contributed by atoms with Gasteiger partial charge in [-0.05, 0) is 66.1 Å². The average molecular weight is 312 g/mol. The first-order valence-electron chi connectivity index (χ1n) is 8.51. The third kappa shape index (κ3) is 3.43. The van der Waals surface area contributed by atoms with Crippen LogP contribution >= 0.6 is 0 Å². The Morgan fingerprint density at radius 3 is 2.21 bits per heavy atom. The monoisotopic (exact) mass is 312 g/mol. The highest BCUT2D eigenvalue weighted by Crippen LogP contribution is 2.25. The fourth-order valence-corrected chi connectivity index (χ4v) is 3.12. The number of aryl methyl sites for hydroxylation is 4. The van der Waals surface area contributed by atoms with E-state index in [-0.39, 0.29) is 0 Å². The summed E-state index contributed by atoms with van der Waals surface area (Å²) in [5, 5.41) is 0. The first-order chi connectivity index (χ1) is 11.9. The molecule has 0 saturated heterocycles. The largest absolute Gasteiger partial charge is 0.255 e. The van der Waals surface area contributed by atoms with E-state index in [1.54, 1.807) is 6.20 Å². The summed E-state index contributed by atoms with van der Waals surface area (Å²) in [5.74, 6) is 0. The molecule has 0 aliphatic heterocycles. The zero-order valence-corrected chi connectivity index (χ0v) is 13.7. The van der Waals surface area contributed by atoms with Gasteiger partial charge in [-0.15, -0.1) is 0 Å². The van der Waals surface area contributed by atoms with Gasteiger partial charge in [-0.2, -0.15) is 0 Å². The lowest BCUT2D eigenvalue weighted by Crippen LogP contribution is -1.98. The van der Waals surface area contributed by atoms with Crippen LogP contribution in [0.15, 0.2) is 71.9 Å². The Labute approximate surface area is 142 Å². The summed E-state index contributed by atoms with van der Waals surface area (Å²) in [6, 6.07) is 21.7. The number of pyridine rings is 1. The van der Waals surface area contributed by atoms with E-state index in [0.717, 1.165) is 37.1 Å². The van der Waals surface area contributed by atoms with Crippen LogP contribution in [0.25, 0.3) is 0 Å². The van der Waals surface area contributed by atoms with E-state index < -0.39 is 0 Å². The van der Waals surface area contributed by atoms with E-state index >= 15 is 0 Å². The van der Waals surface area contributed by atoms with Gasteiger partial charge in [0.25, 0.3) is 0 Å². The summed E-state index contributed by atoms with van der Waals surface area (Å²) in [6.45, 7) is 0. The van der Waals surface area contributed by atoms with E-state index in [2.05, 4.69) is 47.4 Å². The van der Waals surface area contributed by atoms with Crippen LogP contribution in [0.3, 0.4) is 0 Å². The number of nitrogens with zero attached hydrogens (tertiary/aromatic N) is 2. The Bertz CT molecular complexity index is 849. The minimum atomic E-state index is 0.893. The average Bonchev–Trinajstić information content (AvgIpc) is 2.63. The highest BCUT2D eigenvalue weighted by molar-refractivity contribution is 5.80.